The molecule has 1 atom stereocenters. The first kappa shape index (κ1) is 22.0. The molecule has 3 rings (SSSR count). The van der Waals surface area contributed by atoms with Crippen molar-refractivity contribution in [2.45, 2.75) is 4.75 Å². The Balaban J connectivity index is 2.58. The van der Waals surface area contributed by atoms with Crippen LogP contribution in [0.5, 0.6) is 11.5 Å². The molecule has 0 bridgehead atoms. The number of phenols is 2. The summed E-state index contributed by atoms with van der Waals surface area (Å²) in [7, 11) is -5.06. The lowest BCUT2D eigenvalue weighted by atomic mass is 9.83. The smallest absolute Gasteiger partial charge is 0.283 e. The van der Waals surface area contributed by atoms with Gasteiger partial charge in [0.15, 0.2) is 4.75 Å². The van der Waals surface area contributed by atoms with Crippen LogP contribution < -0.4 is 0 Å². The van der Waals surface area contributed by atoms with Gasteiger partial charge < -0.3 is 10.2 Å². The Labute approximate surface area is 186 Å². The van der Waals surface area contributed by atoms with Crippen molar-refractivity contribution in [3.63, 3.8) is 0 Å². The van der Waals surface area contributed by atoms with Crippen molar-refractivity contribution in [2.24, 2.45) is 0 Å². The highest BCUT2D eigenvalue weighted by atomic mass is 35.5. The Morgan fingerprint density at radius 2 is 1.38 bits per heavy atom. The molecule has 1 unspecified atom stereocenters. The van der Waals surface area contributed by atoms with E-state index in [4.69, 9.17) is 46.4 Å². The fraction of sp³-hybridized carbons (Fsp3) is 0.0526. The molecule has 0 aromatic heterocycles. The summed E-state index contributed by atoms with van der Waals surface area (Å²) in [6, 6.07) is 11.6. The zero-order valence-corrected chi connectivity index (χ0v) is 18.1. The lowest BCUT2D eigenvalue weighted by Gasteiger charge is -2.33. The van der Waals surface area contributed by atoms with E-state index in [1.165, 1.54) is 48.5 Å². The molecular formula is C19H12Cl4O5S. The minimum Gasteiger partial charge on any atom is -0.508 e. The quantitative estimate of drug-likeness (QED) is 0.311. The predicted molar refractivity (Wildman–Crippen MR) is 114 cm³/mol. The van der Waals surface area contributed by atoms with Gasteiger partial charge in [0.2, 0.25) is 0 Å². The number of hydrogen-bond acceptors (Lipinski definition) is 4. The van der Waals surface area contributed by atoms with Crippen molar-refractivity contribution in [3.05, 3.63) is 91.4 Å². The van der Waals surface area contributed by atoms with E-state index in [0.717, 1.165) is 6.07 Å². The summed E-state index contributed by atoms with van der Waals surface area (Å²) >= 11 is 24.1. The van der Waals surface area contributed by atoms with Crippen molar-refractivity contribution in [1.29, 1.82) is 0 Å². The van der Waals surface area contributed by atoms with E-state index < -0.39 is 20.6 Å². The SMILES string of the molecule is O=S(=O)(O)C(c1cccc(O)c1)(c1ccc(Cl)c(Cl)c1)c1ccc(Cl)c(Cl)c1O. The second kappa shape index (κ2) is 7.87. The summed E-state index contributed by atoms with van der Waals surface area (Å²) in [5.74, 6) is -0.929. The van der Waals surface area contributed by atoms with Gasteiger partial charge in [-0.15, -0.1) is 0 Å². The summed E-state index contributed by atoms with van der Waals surface area (Å²) in [6.45, 7) is 0. The average Bonchev–Trinajstić information content (AvgIpc) is 2.64. The molecule has 152 valence electrons. The van der Waals surface area contributed by atoms with Crippen LogP contribution in [0.2, 0.25) is 20.1 Å². The topological polar surface area (TPSA) is 94.8 Å². The van der Waals surface area contributed by atoms with E-state index in [-0.39, 0.29) is 42.5 Å². The van der Waals surface area contributed by atoms with E-state index >= 15 is 0 Å². The molecule has 3 aromatic rings. The third-order valence-electron chi connectivity index (χ3n) is 4.41. The van der Waals surface area contributed by atoms with E-state index in [1.807, 2.05) is 0 Å². The highest BCUT2D eigenvalue weighted by molar-refractivity contribution is 7.87. The number of rotatable bonds is 4. The summed E-state index contributed by atoms with van der Waals surface area (Å²) in [6.07, 6.45) is 0. The van der Waals surface area contributed by atoms with Crippen LogP contribution in [0.25, 0.3) is 0 Å². The molecule has 0 fully saturated rings. The summed E-state index contributed by atoms with van der Waals surface area (Å²) in [5.41, 5.74) is -0.417. The largest absolute Gasteiger partial charge is 0.508 e. The molecule has 29 heavy (non-hydrogen) atoms. The Kier molecular flexibility index (Phi) is 5.98. The van der Waals surface area contributed by atoms with Crippen molar-refractivity contribution in [1.82, 2.24) is 0 Å². The highest BCUT2D eigenvalue weighted by Crippen LogP contribution is 2.50. The first-order chi connectivity index (χ1) is 13.5. The van der Waals surface area contributed by atoms with Gasteiger partial charge in [-0.1, -0.05) is 70.7 Å². The summed E-state index contributed by atoms with van der Waals surface area (Å²) in [4.78, 5) is 0. The molecular weight excluding hydrogens is 482 g/mol. The minimum absolute atomic E-state index is 0.0110. The van der Waals surface area contributed by atoms with Gasteiger partial charge in [0.25, 0.3) is 10.1 Å². The van der Waals surface area contributed by atoms with Crippen LogP contribution in [0.15, 0.2) is 54.6 Å². The molecule has 5 nitrogen and oxygen atoms in total. The maximum absolute atomic E-state index is 12.9. The Hall–Kier alpha value is -1.67. The second-order valence-electron chi connectivity index (χ2n) is 6.09. The fourth-order valence-electron chi connectivity index (χ4n) is 3.18. The van der Waals surface area contributed by atoms with Gasteiger partial charge >= 0.3 is 0 Å². The van der Waals surface area contributed by atoms with Gasteiger partial charge in [-0.25, -0.2) is 0 Å². The van der Waals surface area contributed by atoms with Gasteiger partial charge in [0.1, 0.15) is 16.5 Å². The first-order valence-corrected chi connectivity index (χ1v) is 10.8. The van der Waals surface area contributed by atoms with Crippen molar-refractivity contribution in [2.75, 3.05) is 0 Å². The van der Waals surface area contributed by atoms with Crippen LogP contribution in [0.4, 0.5) is 0 Å². The Morgan fingerprint density at radius 1 is 0.759 bits per heavy atom. The first-order valence-electron chi connectivity index (χ1n) is 7.89. The summed E-state index contributed by atoms with van der Waals surface area (Å²) < 4.78 is 33.9. The van der Waals surface area contributed by atoms with Crippen molar-refractivity contribution >= 4 is 56.5 Å². The zero-order valence-electron chi connectivity index (χ0n) is 14.3. The third-order valence-corrected chi connectivity index (χ3v) is 7.41. The molecule has 0 saturated heterocycles. The highest BCUT2D eigenvalue weighted by Gasteiger charge is 2.50. The van der Waals surface area contributed by atoms with E-state index in [1.54, 1.807) is 0 Å². The van der Waals surface area contributed by atoms with Crippen LogP contribution in [0, 0.1) is 0 Å². The number of phenolic OH excluding ortho intramolecular Hbond substituents is 2. The Bertz CT molecular complexity index is 1210. The number of aromatic hydroxyl groups is 2. The second-order valence-corrected chi connectivity index (χ2v) is 9.26. The molecule has 0 aliphatic rings. The third kappa shape index (κ3) is 3.65. The molecule has 0 aliphatic heterocycles. The van der Waals surface area contributed by atoms with Crippen LogP contribution in [-0.2, 0) is 14.9 Å². The molecule has 3 aromatic carbocycles. The maximum atomic E-state index is 12.9. The number of hydrogen-bond donors (Lipinski definition) is 3. The minimum atomic E-state index is -5.06. The van der Waals surface area contributed by atoms with E-state index in [9.17, 15) is 23.2 Å². The molecule has 0 radical (unpaired) electrons. The predicted octanol–water partition coefficient (Wildman–Crippen LogP) is 5.89. The van der Waals surface area contributed by atoms with Crippen LogP contribution >= 0.6 is 46.4 Å². The number of halogens is 4. The van der Waals surface area contributed by atoms with Gasteiger partial charge in [-0.05, 0) is 41.5 Å². The molecule has 0 spiro atoms. The normalized spacial score (nSPS) is 13.8. The molecule has 0 amide bonds. The molecule has 0 heterocycles. The van der Waals surface area contributed by atoms with Crippen LogP contribution in [0.1, 0.15) is 16.7 Å². The zero-order chi connectivity index (χ0) is 21.6. The molecule has 10 heteroatoms. The van der Waals surface area contributed by atoms with Gasteiger partial charge in [0.05, 0.1) is 15.1 Å². The molecule has 0 saturated carbocycles. The molecule has 0 aliphatic carbocycles. The lowest BCUT2D eigenvalue weighted by Crippen LogP contribution is -2.38. The van der Waals surface area contributed by atoms with Crippen LogP contribution in [-0.4, -0.2) is 23.2 Å². The number of benzene rings is 3. The Morgan fingerprint density at radius 3 is 1.97 bits per heavy atom. The fourth-order valence-corrected chi connectivity index (χ4v) is 5.09. The van der Waals surface area contributed by atoms with Gasteiger partial charge in [-0.2, -0.15) is 8.42 Å². The van der Waals surface area contributed by atoms with Crippen molar-refractivity contribution in [3.8, 4) is 11.5 Å². The average molecular weight is 494 g/mol. The monoisotopic (exact) mass is 492 g/mol. The van der Waals surface area contributed by atoms with E-state index in [2.05, 4.69) is 0 Å². The maximum Gasteiger partial charge on any atom is 0.283 e. The van der Waals surface area contributed by atoms with Gasteiger partial charge in [0, 0.05) is 5.56 Å². The lowest BCUT2D eigenvalue weighted by molar-refractivity contribution is 0.439. The van der Waals surface area contributed by atoms with Gasteiger partial charge in [-0.3, -0.25) is 4.55 Å². The van der Waals surface area contributed by atoms with Crippen molar-refractivity contribution < 1.29 is 23.2 Å². The van der Waals surface area contributed by atoms with E-state index in [0.29, 0.717) is 0 Å². The standard InChI is InChI=1S/C19H12Cl4O5S/c20-14-6-4-11(9-16(14)22)19(29(26,27)28,10-2-1-3-12(24)8-10)13-5-7-15(21)17(23)18(13)25/h1-9,24-25H,(H,26,27,28). The molecule has 3 N–H and O–H groups in total. The van der Waals surface area contributed by atoms with Crippen LogP contribution in [0.3, 0.4) is 0 Å². The summed E-state index contributed by atoms with van der Waals surface area (Å²) in [5, 5.41) is 20.5.